The van der Waals surface area contributed by atoms with Gasteiger partial charge in [0, 0.05) is 18.5 Å². The monoisotopic (exact) mass is 313 g/mol. The van der Waals surface area contributed by atoms with Gasteiger partial charge in [-0.15, -0.1) is 11.6 Å². The second-order valence-electron chi connectivity index (χ2n) is 3.82. The fraction of sp³-hybridized carbons (Fsp3) is 0.400. The van der Waals surface area contributed by atoms with Gasteiger partial charge in [-0.2, -0.15) is 4.31 Å². The molecular weight excluding hydrogens is 305 g/mol. The van der Waals surface area contributed by atoms with Crippen molar-refractivity contribution in [1.82, 2.24) is 4.31 Å². The van der Waals surface area contributed by atoms with Gasteiger partial charge in [0.1, 0.15) is 0 Å². The molecule has 0 radical (unpaired) electrons. The molecule has 0 bridgehead atoms. The van der Waals surface area contributed by atoms with E-state index >= 15 is 0 Å². The number of alkyl halides is 1. The van der Waals surface area contributed by atoms with Gasteiger partial charge in [0.25, 0.3) is 0 Å². The molecule has 1 fully saturated rings. The molecule has 0 amide bonds. The van der Waals surface area contributed by atoms with Gasteiger partial charge in [-0.1, -0.05) is 23.2 Å². The molecule has 0 aliphatic carbocycles. The molecule has 0 aromatic heterocycles. The first-order chi connectivity index (χ1) is 7.91. The maximum absolute atomic E-state index is 12.2. The quantitative estimate of drug-likeness (QED) is 0.787. The highest BCUT2D eigenvalue weighted by Gasteiger charge is 2.31. The van der Waals surface area contributed by atoms with Crippen LogP contribution in [0.4, 0.5) is 0 Å². The van der Waals surface area contributed by atoms with E-state index in [2.05, 4.69) is 0 Å². The molecule has 0 saturated carbocycles. The Kier molecular flexibility index (Phi) is 3.90. The Bertz CT molecular complexity index is 532. The Morgan fingerprint density at radius 3 is 2.47 bits per heavy atom. The summed E-state index contributed by atoms with van der Waals surface area (Å²) in [5, 5.41) is 0.448. The van der Waals surface area contributed by atoms with Gasteiger partial charge >= 0.3 is 0 Å². The fourth-order valence-corrected chi connectivity index (χ4v) is 3.93. The predicted molar refractivity (Wildman–Crippen MR) is 69.5 cm³/mol. The van der Waals surface area contributed by atoms with Crippen LogP contribution >= 0.6 is 34.8 Å². The number of benzene rings is 1. The molecule has 1 saturated heterocycles. The van der Waals surface area contributed by atoms with E-state index < -0.39 is 10.0 Å². The maximum Gasteiger partial charge on any atom is 0.243 e. The average molecular weight is 315 g/mol. The van der Waals surface area contributed by atoms with Gasteiger partial charge in [-0.3, -0.25) is 0 Å². The third kappa shape index (κ3) is 2.71. The Morgan fingerprint density at radius 1 is 1.24 bits per heavy atom. The minimum atomic E-state index is -3.51. The second kappa shape index (κ2) is 4.94. The second-order valence-corrected chi connectivity index (χ2v) is 7.19. The molecule has 1 heterocycles. The van der Waals surface area contributed by atoms with Crippen molar-refractivity contribution in [3.05, 3.63) is 28.2 Å². The van der Waals surface area contributed by atoms with Crippen LogP contribution in [-0.4, -0.2) is 31.2 Å². The lowest BCUT2D eigenvalue weighted by Gasteiger charge is -2.15. The first-order valence-corrected chi connectivity index (χ1v) is 7.64. The normalized spacial score (nSPS) is 21.9. The number of halogens is 3. The Hall–Kier alpha value is -0.000000000000000111. The number of hydrogen-bond acceptors (Lipinski definition) is 2. The molecule has 7 heteroatoms. The highest BCUT2D eigenvalue weighted by molar-refractivity contribution is 7.89. The van der Waals surface area contributed by atoms with Gasteiger partial charge in [0.2, 0.25) is 10.0 Å². The first kappa shape index (κ1) is 13.4. The van der Waals surface area contributed by atoms with Crippen molar-refractivity contribution < 1.29 is 8.42 Å². The molecule has 1 aliphatic rings. The van der Waals surface area contributed by atoms with Gasteiger partial charge in [-0.05, 0) is 24.6 Å². The fourth-order valence-electron chi connectivity index (χ4n) is 1.69. The minimum Gasteiger partial charge on any atom is -0.207 e. The molecule has 0 N–H and O–H groups in total. The molecule has 17 heavy (non-hydrogen) atoms. The third-order valence-electron chi connectivity index (χ3n) is 2.62. The summed E-state index contributed by atoms with van der Waals surface area (Å²) >= 11 is 17.5. The minimum absolute atomic E-state index is 0.118. The summed E-state index contributed by atoms with van der Waals surface area (Å²) in [6.07, 6.45) is 0.669. The van der Waals surface area contributed by atoms with Crippen LogP contribution in [0.2, 0.25) is 10.0 Å². The van der Waals surface area contributed by atoms with Gasteiger partial charge in [-0.25, -0.2) is 8.42 Å². The van der Waals surface area contributed by atoms with E-state index in [1.807, 2.05) is 0 Å². The van der Waals surface area contributed by atoms with Crippen LogP contribution in [0.5, 0.6) is 0 Å². The summed E-state index contributed by atoms with van der Waals surface area (Å²) in [5.41, 5.74) is 0. The van der Waals surface area contributed by atoms with Crippen LogP contribution < -0.4 is 0 Å². The summed E-state index contributed by atoms with van der Waals surface area (Å²) < 4.78 is 25.8. The highest BCUT2D eigenvalue weighted by atomic mass is 35.5. The molecule has 3 nitrogen and oxygen atoms in total. The predicted octanol–water partition coefficient (Wildman–Crippen LogP) is 3.00. The lowest BCUT2D eigenvalue weighted by molar-refractivity contribution is 0.478. The Morgan fingerprint density at radius 2 is 1.94 bits per heavy atom. The van der Waals surface area contributed by atoms with E-state index in [1.54, 1.807) is 0 Å². The van der Waals surface area contributed by atoms with E-state index in [1.165, 1.54) is 22.5 Å². The van der Waals surface area contributed by atoms with Crippen LogP contribution in [0.25, 0.3) is 0 Å². The van der Waals surface area contributed by atoms with E-state index in [-0.39, 0.29) is 15.3 Å². The van der Waals surface area contributed by atoms with E-state index in [9.17, 15) is 8.42 Å². The van der Waals surface area contributed by atoms with Crippen LogP contribution in [0.3, 0.4) is 0 Å². The van der Waals surface area contributed by atoms with Crippen LogP contribution in [0.1, 0.15) is 6.42 Å². The van der Waals surface area contributed by atoms with Crippen molar-refractivity contribution in [2.45, 2.75) is 16.7 Å². The average Bonchev–Trinajstić information content (AvgIpc) is 2.69. The molecule has 2 rings (SSSR count). The van der Waals surface area contributed by atoms with Crippen LogP contribution in [0.15, 0.2) is 23.1 Å². The summed E-state index contributed by atoms with van der Waals surface area (Å²) in [6.45, 7) is 0.779. The van der Waals surface area contributed by atoms with Gasteiger partial charge in [0.15, 0.2) is 0 Å². The van der Waals surface area contributed by atoms with E-state index in [0.29, 0.717) is 24.5 Å². The molecular formula is C10H10Cl3NO2S. The molecule has 94 valence electrons. The third-order valence-corrected chi connectivity index (χ3v) is 5.58. The smallest absolute Gasteiger partial charge is 0.207 e. The summed E-state index contributed by atoms with van der Waals surface area (Å²) in [7, 11) is -3.51. The van der Waals surface area contributed by atoms with Gasteiger partial charge < -0.3 is 0 Å². The molecule has 1 atom stereocenters. The molecule has 1 unspecified atom stereocenters. The number of hydrogen-bond donors (Lipinski definition) is 0. The summed E-state index contributed by atoms with van der Waals surface area (Å²) in [4.78, 5) is 0.151. The van der Waals surface area contributed by atoms with Gasteiger partial charge in [0.05, 0.1) is 14.9 Å². The topological polar surface area (TPSA) is 37.4 Å². The zero-order valence-corrected chi connectivity index (χ0v) is 11.8. The summed E-state index contributed by atoms with van der Waals surface area (Å²) in [5.74, 6) is 0. The molecule has 1 aliphatic heterocycles. The Labute approximate surface area is 115 Å². The van der Waals surface area contributed by atoms with Crippen LogP contribution in [-0.2, 0) is 10.0 Å². The first-order valence-electron chi connectivity index (χ1n) is 5.00. The van der Waals surface area contributed by atoms with Crippen LogP contribution in [0, 0.1) is 0 Å². The maximum atomic E-state index is 12.2. The summed E-state index contributed by atoms with van der Waals surface area (Å²) in [6, 6.07) is 4.29. The SMILES string of the molecule is O=S(=O)(c1ccc(Cl)c(Cl)c1)N1CCC(Cl)C1. The van der Waals surface area contributed by atoms with Crippen molar-refractivity contribution >= 4 is 44.8 Å². The largest absolute Gasteiger partial charge is 0.243 e. The number of rotatable bonds is 2. The van der Waals surface area contributed by atoms with Crippen molar-refractivity contribution in [1.29, 1.82) is 0 Å². The highest BCUT2D eigenvalue weighted by Crippen LogP contribution is 2.28. The number of nitrogens with zero attached hydrogens (tertiary/aromatic N) is 1. The van der Waals surface area contributed by atoms with Crippen molar-refractivity contribution in [2.24, 2.45) is 0 Å². The molecule has 1 aromatic rings. The zero-order valence-electron chi connectivity index (χ0n) is 8.74. The van der Waals surface area contributed by atoms with E-state index in [4.69, 9.17) is 34.8 Å². The van der Waals surface area contributed by atoms with Crippen molar-refractivity contribution in [3.63, 3.8) is 0 Å². The van der Waals surface area contributed by atoms with Crippen molar-refractivity contribution in [2.75, 3.05) is 13.1 Å². The zero-order chi connectivity index (χ0) is 12.6. The molecule has 1 aromatic carbocycles. The Balaban J connectivity index is 2.35. The van der Waals surface area contributed by atoms with E-state index in [0.717, 1.165) is 0 Å². The standard InChI is InChI=1S/C10H10Cl3NO2S/c11-7-3-4-14(6-7)17(15,16)8-1-2-9(12)10(13)5-8/h1-2,5,7H,3-4,6H2. The lowest BCUT2D eigenvalue weighted by Crippen LogP contribution is -2.29. The molecule has 0 spiro atoms. The van der Waals surface area contributed by atoms with Crippen molar-refractivity contribution in [3.8, 4) is 0 Å². The lowest BCUT2D eigenvalue weighted by atomic mass is 10.4. The number of sulfonamides is 1.